The number of anilines is 1. The summed E-state index contributed by atoms with van der Waals surface area (Å²) in [7, 11) is 0. The molecule has 128 valence electrons. The van der Waals surface area contributed by atoms with Gasteiger partial charge in [0.1, 0.15) is 23.4 Å². The Morgan fingerprint density at radius 3 is 2.25 bits per heavy atom. The van der Waals surface area contributed by atoms with Gasteiger partial charge in [0.05, 0.1) is 11.8 Å². The molecule has 7 heteroatoms. The predicted octanol–water partition coefficient (Wildman–Crippen LogP) is 3.85. The molecule has 0 aliphatic carbocycles. The van der Waals surface area contributed by atoms with E-state index in [4.69, 9.17) is 4.74 Å². The van der Waals surface area contributed by atoms with Gasteiger partial charge in [0.2, 0.25) is 0 Å². The van der Waals surface area contributed by atoms with Crippen LogP contribution in [0.2, 0.25) is 0 Å². The summed E-state index contributed by atoms with van der Waals surface area (Å²) in [6.45, 7) is 1.48. The molecule has 1 fully saturated rings. The molecule has 24 heavy (non-hydrogen) atoms. The van der Waals surface area contributed by atoms with Gasteiger partial charge in [-0.15, -0.1) is 0 Å². The van der Waals surface area contributed by atoms with E-state index >= 15 is 0 Å². The third-order valence-corrected chi connectivity index (χ3v) is 3.98. The fourth-order valence-electron chi connectivity index (χ4n) is 2.68. The van der Waals surface area contributed by atoms with Gasteiger partial charge in [-0.05, 0) is 36.4 Å². The number of halogens is 3. The fraction of sp³-hybridized carbons (Fsp3) is 0.353. The zero-order chi connectivity index (χ0) is 17.2. The molecule has 1 N–H and O–H groups in total. The topological polar surface area (TPSA) is 45.6 Å². The van der Waals surface area contributed by atoms with E-state index in [0.29, 0.717) is 5.75 Å². The van der Waals surface area contributed by atoms with Crippen molar-refractivity contribution in [3.63, 3.8) is 0 Å². The Kier molecular flexibility index (Phi) is 4.51. The zero-order valence-corrected chi connectivity index (χ0v) is 12.8. The number of benzene rings is 1. The van der Waals surface area contributed by atoms with Crippen LogP contribution in [0.25, 0.3) is 0 Å². The number of ether oxygens (including phenoxy) is 1. The minimum atomic E-state index is -4.33. The first kappa shape index (κ1) is 16.4. The Morgan fingerprint density at radius 1 is 1.04 bits per heavy atom. The van der Waals surface area contributed by atoms with Gasteiger partial charge in [0.15, 0.2) is 0 Å². The van der Waals surface area contributed by atoms with Gasteiger partial charge < -0.3 is 14.7 Å². The van der Waals surface area contributed by atoms with Gasteiger partial charge in [-0.1, -0.05) is 0 Å². The molecular formula is C17H17F3N2O2. The maximum atomic E-state index is 12.5. The lowest BCUT2D eigenvalue weighted by molar-refractivity contribution is -0.137. The Bertz CT molecular complexity index is 664. The summed E-state index contributed by atoms with van der Waals surface area (Å²) in [4.78, 5) is 6.26. The molecule has 3 rings (SSSR count). The van der Waals surface area contributed by atoms with E-state index in [-0.39, 0.29) is 11.9 Å². The van der Waals surface area contributed by atoms with Crippen LogP contribution >= 0.6 is 0 Å². The Morgan fingerprint density at radius 2 is 1.71 bits per heavy atom. The van der Waals surface area contributed by atoms with Crippen LogP contribution in [0.15, 0.2) is 42.6 Å². The van der Waals surface area contributed by atoms with Gasteiger partial charge in [0.25, 0.3) is 0 Å². The molecule has 0 saturated carbocycles. The van der Waals surface area contributed by atoms with E-state index in [2.05, 4.69) is 9.88 Å². The first-order chi connectivity index (χ1) is 11.4. The van der Waals surface area contributed by atoms with Crippen molar-refractivity contribution in [2.45, 2.75) is 25.1 Å². The van der Waals surface area contributed by atoms with Crippen LogP contribution in [0.3, 0.4) is 0 Å². The van der Waals surface area contributed by atoms with Crippen LogP contribution in [0.1, 0.15) is 18.4 Å². The van der Waals surface area contributed by atoms with Crippen molar-refractivity contribution in [2.24, 2.45) is 0 Å². The average molecular weight is 338 g/mol. The third-order valence-electron chi connectivity index (χ3n) is 3.98. The fourth-order valence-corrected chi connectivity index (χ4v) is 2.68. The van der Waals surface area contributed by atoms with Crippen LogP contribution < -0.4 is 9.64 Å². The number of pyridine rings is 1. The van der Waals surface area contributed by atoms with Gasteiger partial charge in [-0.25, -0.2) is 4.98 Å². The standard InChI is InChI=1S/C17H17F3N2O2/c18-17(19,20)12-1-4-14(5-2-12)24-15-7-9-22(10-8-15)16-6-3-13(23)11-21-16/h1-6,11,15,23H,7-10H2. The number of hydrogen-bond donors (Lipinski definition) is 1. The number of rotatable bonds is 3. The molecule has 0 bridgehead atoms. The molecule has 2 aromatic rings. The summed E-state index contributed by atoms with van der Waals surface area (Å²) in [6.07, 6.45) is -1.45. The zero-order valence-electron chi connectivity index (χ0n) is 12.8. The van der Waals surface area contributed by atoms with E-state index in [1.54, 1.807) is 12.1 Å². The van der Waals surface area contributed by atoms with E-state index in [0.717, 1.165) is 43.9 Å². The molecule has 0 radical (unpaired) electrons. The molecule has 0 unspecified atom stereocenters. The van der Waals surface area contributed by atoms with Crippen molar-refractivity contribution in [3.8, 4) is 11.5 Å². The molecular weight excluding hydrogens is 321 g/mol. The number of nitrogens with zero attached hydrogens (tertiary/aromatic N) is 2. The van der Waals surface area contributed by atoms with Crippen molar-refractivity contribution in [1.29, 1.82) is 0 Å². The summed E-state index contributed by atoms with van der Waals surface area (Å²) in [6, 6.07) is 8.13. The van der Waals surface area contributed by atoms with E-state index in [9.17, 15) is 18.3 Å². The number of piperidine rings is 1. The number of hydrogen-bond acceptors (Lipinski definition) is 4. The highest BCUT2D eigenvalue weighted by Crippen LogP contribution is 2.31. The van der Waals surface area contributed by atoms with Crippen molar-refractivity contribution in [2.75, 3.05) is 18.0 Å². The molecule has 0 amide bonds. The minimum Gasteiger partial charge on any atom is -0.506 e. The highest BCUT2D eigenvalue weighted by atomic mass is 19.4. The maximum absolute atomic E-state index is 12.5. The molecule has 4 nitrogen and oxygen atoms in total. The van der Waals surface area contributed by atoms with E-state index < -0.39 is 11.7 Å². The SMILES string of the molecule is Oc1ccc(N2CCC(Oc3ccc(C(F)(F)F)cc3)CC2)nc1. The van der Waals surface area contributed by atoms with Gasteiger partial charge in [0, 0.05) is 25.9 Å². The lowest BCUT2D eigenvalue weighted by Crippen LogP contribution is -2.38. The van der Waals surface area contributed by atoms with Crippen LogP contribution in [-0.2, 0) is 6.18 Å². The second-order valence-electron chi connectivity index (χ2n) is 5.70. The van der Waals surface area contributed by atoms with E-state index in [1.807, 2.05) is 0 Å². The Balaban J connectivity index is 1.54. The van der Waals surface area contributed by atoms with Crippen LogP contribution in [0.4, 0.5) is 19.0 Å². The highest BCUT2D eigenvalue weighted by Gasteiger charge is 2.30. The summed E-state index contributed by atoms with van der Waals surface area (Å²) in [5.74, 6) is 1.37. The normalized spacial score (nSPS) is 16.2. The van der Waals surface area contributed by atoms with Crippen LogP contribution in [-0.4, -0.2) is 29.3 Å². The van der Waals surface area contributed by atoms with Gasteiger partial charge in [-0.2, -0.15) is 13.2 Å². The third kappa shape index (κ3) is 3.90. The largest absolute Gasteiger partial charge is 0.506 e. The molecule has 1 aromatic carbocycles. The quantitative estimate of drug-likeness (QED) is 0.923. The van der Waals surface area contributed by atoms with Crippen molar-refractivity contribution >= 4 is 5.82 Å². The van der Waals surface area contributed by atoms with Crippen LogP contribution in [0.5, 0.6) is 11.5 Å². The monoisotopic (exact) mass is 338 g/mol. The van der Waals surface area contributed by atoms with Crippen molar-refractivity contribution in [3.05, 3.63) is 48.2 Å². The lowest BCUT2D eigenvalue weighted by Gasteiger charge is -2.33. The average Bonchev–Trinajstić information content (AvgIpc) is 2.56. The molecule has 1 aliphatic heterocycles. The Hall–Kier alpha value is -2.44. The summed E-state index contributed by atoms with van der Waals surface area (Å²) in [5, 5.41) is 9.26. The van der Waals surface area contributed by atoms with Gasteiger partial charge >= 0.3 is 6.18 Å². The summed E-state index contributed by atoms with van der Waals surface area (Å²) in [5.41, 5.74) is -0.678. The number of aromatic nitrogens is 1. The lowest BCUT2D eigenvalue weighted by atomic mass is 10.1. The number of alkyl halides is 3. The summed E-state index contributed by atoms with van der Waals surface area (Å²) < 4.78 is 43.4. The second-order valence-corrected chi connectivity index (χ2v) is 5.70. The predicted molar refractivity (Wildman–Crippen MR) is 83.2 cm³/mol. The van der Waals surface area contributed by atoms with Gasteiger partial charge in [-0.3, -0.25) is 0 Å². The van der Waals surface area contributed by atoms with Crippen LogP contribution in [0, 0.1) is 0 Å². The molecule has 0 spiro atoms. The molecule has 0 atom stereocenters. The minimum absolute atomic E-state index is 0.0323. The summed E-state index contributed by atoms with van der Waals surface area (Å²) >= 11 is 0. The molecule has 1 aliphatic rings. The first-order valence-electron chi connectivity index (χ1n) is 7.66. The maximum Gasteiger partial charge on any atom is 0.416 e. The van der Waals surface area contributed by atoms with Crippen molar-refractivity contribution < 1.29 is 23.0 Å². The Labute approximate surface area is 137 Å². The second kappa shape index (κ2) is 6.59. The number of aromatic hydroxyl groups is 1. The van der Waals surface area contributed by atoms with Crippen molar-refractivity contribution in [1.82, 2.24) is 4.98 Å². The molecule has 1 aromatic heterocycles. The first-order valence-corrected chi connectivity index (χ1v) is 7.66. The highest BCUT2D eigenvalue weighted by molar-refractivity contribution is 5.41. The smallest absolute Gasteiger partial charge is 0.416 e. The molecule has 1 saturated heterocycles. The molecule has 2 heterocycles. The van der Waals surface area contributed by atoms with E-state index in [1.165, 1.54) is 18.3 Å².